The lowest BCUT2D eigenvalue weighted by atomic mass is 9.92. The molecule has 0 atom stereocenters. The number of hydrogen-bond donors (Lipinski definition) is 0. The molecule has 0 radical (unpaired) electrons. The fourth-order valence-electron chi connectivity index (χ4n) is 2.50. The highest BCUT2D eigenvalue weighted by Gasteiger charge is 2.90. The van der Waals surface area contributed by atoms with Crippen molar-refractivity contribution >= 4 is 16.6 Å². The van der Waals surface area contributed by atoms with E-state index in [2.05, 4.69) is 0 Å². The standard InChI is InChI=1S/C20H29F13O3Si2/c1-8-34-14(36-38(5,6)7)12-13(35-37(2,3)4)10-9-11-15(21,22)16(23,24)17(25,26)18(27,28)19(29,30)20(31,32)33/h10,12H,8-9,11H2,1-7H3/b13-10+,14-12+. The molecule has 0 aromatic rings. The lowest BCUT2D eigenvalue weighted by Crippen LogP contribution is -2.70. The molecule has 0 rings (SSSR count). The molecule has 0 amide bonds. The largest absolute Gasteiger partial charge is 0.544 e. The number of hydrogen-bond acceptors (Lipinski definition) is 3. The first-order valence-electron chi connectivity index (χ1n) is 10.9. The molecule has 0 aliphatic carbocycles. The fraction of sp³-hybridized carbons (Fsp3) is 0.800. The fourth-order valence-corrected chi connectivity index (χ4v) is 4.07. The maximum Gasteiger partial charge on any atom is 0.460 e. The summed E-state index contributed by atoms with van der Waals surface area (Å²) in [5.41, 5.74) is 0. The van der Waals surface area contributed by atoms with E-state index in [4.69, 9.17) is 13.6 Å². The Bertz CT molecular complexity index is 856. The molecule has 3 nitrogen and oxygen atoms in total. The molecule has 0 fully saturated rings. The van der Waals surface area contributed by atoms with Crippen LogP contribution in [0.5, 0.6) is 0 Å². The maximum absolute atomic E-state index is 14.1. The molecule has 38 heavy (non-hydrogen) atoms. The lowest BCUT2D eigenvalue weighted by Gasteiger charge is -2.39. The highest BCUT2D eigenvalue weighted by Crippen LogP contribution is 2.60. The Balaban J connectivity index is 6.29. The summed E-state index contributed by atoms with van der Waals surface area (Å²) in [7, 11) is -4.87. The summed E-state index contributed by atoms with van der Waals surface area (Å²) >= 11 is 0. The van der Waals surface area contributed by atoms with E-state index in [1.54, 1.807) is 46.2 Å². The third-order valence-corrected chi connectivity index (χ3v) is 5.84. The smallest absolute Gasteiger partial charge is 0.460 e. The van der Waals surface area contributed by atoms with Gasteiger partial charge in [0.2, 0.25) is 16.6 Å². The summed E-state index contributed by atoms with van der Waals surface area (Å²) in [6.07, 6.45) is -9.32. The molecule has 0 heterocycles. The highest BCUT2D eigenvalue weighted by molar-refractivity contribution is 6.70. The Labute approximate surface area is 213 Å². The first-order chi connectivity index (χ1) is 16.5. The normalized spacial score (nSPS) is 16.0. The second-order valence-electron chi connectivity index (χ2n) is 9.97. The number of rotatable bonds is 14. The van der Waals surface area contributed by atoms with Crippen molar-refractivity contribution in [2.24, 2.45) is 0 Å². The summed E-state index contributed by atoms with van der Waals surface area (Å²) in [5, 5.41) is 0. The molecule has 226 valence electrons. The molecule has 0 unspecified atom stereocenters. The van der Waals surface area contributed by atoms with Gasteiger partial charge in [0.15, 0.2) is 0 Å². The monoisotopic (exact) mass is 620 g/mol. The van der Waals surface area contributed by atoms with Crippen LogP contribution in [0.25, 0.3) is 0 Å². The van der Waals surface area contributed by atoms with Crippen molar-refractivity contribution in [1.82, 2.24) is 0 Å². The van der Waals surface area contributed by atoms with Gasteiger partial charge in [-0.1, -0.05) is 0 Å². The average Bonchev–Trinajstić information content (AvgIpc) is 2.63. The molecule has 0 spiro atoms. The van der Waals surface area contributed by atoms with Gasteiger partial charge in [-0.2, -0.15) is 57.1 Å². The van der Waals surface area contributed by atoms with Crippen LogP contribution in [-0.4, -0.2) is 59.0 Å². The van der Waals surface area contributed by atoms with Gasteiger partial charge in [-0.3, -0.25) is 0 Å². The molecule has 0 aliphatic heterocycles. The summed E-state index contributed by atoms with van der Waals surface area (Å²) in [4.78, 5) is 0. The minimum absolute atomic E-state index is 0.0622. The van der Waals surface area contributed by atoms with Gasteiger partial charge in [0.05, 0.1) is 12.7 Å². The summed E-state index contributed by atoms with van der Waals surface area (Å²) in [6.45, 7) is 11.7. The number of halogens is 13. The van der Waals surface area contributed by atoms with Crippen LogP contribution in [0.15, 0.2) is 23.9 Å². The Morgan fingerprint density at radius 3 is 1.42 bits per heavy atom. The molecule has 0 aromatic carbocycles. The van der Waals surface area contributed by atoms with Crippen LogP contribution in [0.2, 0.25) is 39.3 Å². The van der Waals surface area contributed by atoms with E-state index in [1.165, 1.54) is 0 Å². The summed E-state index contributed by atoms with van der Waals surface area (Å²) < 4.78 is 189. The Hall–Kier alpha value is -1.60. The number of allylic oxidation sites excluding steroid dienone is 2. The molecular formula is C20H29F13O3Si2. The van der Waals surface area contributed by atoms with Crippen molar-refractivity contribution < 1.29 is 70.7 Å². The maximum atomic E-state index is 14.1. The van der Waals surface area contributed by atoms with Gasteiger partial charge in [0.25, 0.3) is 5.95 Å². The third-order valence-electron chi connectivity index (χ3n) is 4.18. The average molecular weight is 621 g/mol. The Morgan fingerprint density at radius 2 is 1.05 bits per heavy atom. The molecule has 0 saturated carbocycles. The van der Waals surface area contributed by atoms with Crippen molar-refractivity contribution in [1.29, 1.82) is 0 Å². The van der Waals surface area contributed by atoms with E-state index in [-0.39, 0.29) is 18.3 Å². The molecular weight excluding hydrogens is 591 g/mol. The van der Waals surface area contributed by atoms with Gasteiger partial charge >= 0.3 is 35.8 Å². The zero-order valence-electron chi connectivity index (χ0n) is 21.4. The summed E-state index contributed by atoms with van der Waals surface area (Å²) in [6, 6.07) is 0. The van der Waals surface area contributed by atoms with Crippen molar-refractivity contribution in [3.05, 3.63) is 23.9 Å². The lowest BCUT2D eigenvalue weighted by molar-refractivity contribution is -0.440. The Morgan fingerprint density at radius 1 is 0.632 bits per heavy atom. The van der Waals surface area contributed by atoms with E-state index in [1.807, 2.05) is 0 Å². The van der Waals surface area contributed by atoms with Crippen LogP contribution in [0.3, 0.4) is 0 Å². The van der Waals surface area contributed by atoms with Crippen LogP contribution in [0.4, 0.5) is 57.1 Å². The quantitative estimate of drug-likeness (QED) is 0.0840. The molecule has 0 N–H and O–H groups in total. The van der Waals surface area contributed by atoms with E-state index < -0.39 is 65.3 Å². The van der Waals surface area contributed by atoms with Crippen molar-refractivity contribution in [3.8, 4) is 0 Å². The minimum atomic E-state index is -7.92. The summed E-state index contributed by atoms with van der Waals surface area (Å²) in [5.74, 6) is -37.4. The van der Waals surface area contributed by atoms with Gasteiger partial charge in [-0.15, -0.1) is 0 Å². The van der Waals surface area contributed by atoms with E-state index in [0.717, 1.165) is 6.08 Å². The van der Waals surface area contributed by atoms with Crippen LogP contribution in [0.1, 0.15) is 19.8 Å². The van der Waals surface area contributed by atoms with E-state index >= 15 is 0 Å². The van der Waals surface area contributed by atoms with Crippen molar-refractivity contribution in [2.75, 3.05) is 6.61 Å². The molecule has 0 bridgehead atoms. The van der Waals surface area contributed by atoms with Gasteiger partial charge in [-0.25, -0.2) is 0 Å². The molecule has 18 heteroatoms. The van der Waals surface area contributed by atoms with Crippen LogP contribution in [-0.2, 0) is 13.6 Å². The van der Waals surface area contributed by atoms with Gasteiger partial charge in [0.1, 0.15) is 5.76 Å². The highest BCUT2D eigenvalue weighted by atomic mass is 28.4. The number of ether oxygens (including phenoxy) is 1. The van der Waals surface area contributed by atoms with Gasteiger partial charge in [-0.05, 0) is 58.7 Å². The van der Waals surface area contributed by atoms with Crippen LogP contribution < -0.4 is 0 Å². The van der Waals surface area contributed by atoms with Crippen molar-refractivity contribution in [2.45, 2.75) is 94.8 Å². The van der Waals surface area contributed by atoms with Crippen molar-refractivity contribution in [3.63, 3.8) is 0 Å². The van der Waals surface area contributed by atoms with Gasteiger partial charge < -0.3 is 13.6 Å². The number of alkyl halides is 13. The SMILES string of the molecule is CCO/C(=C\C(=C/CCC(F)(F)C(F)(F)C(F)(F)C(F)(F)C(F)(F)C(F)(F)F)O[Si](C)(C)C)O[Si](C)(C)C. The first kappa shape index (κ1) is 36.4. The van der Waals surface area contributed by atoms with Gasteiger partial charge in [0, 0.05) is 6.42 Å². The Kier molecular flexibility index (Phi) is 11.0. The zero-order valence-corrected chi connectivity index (χ0v) is 23.4. The van der Waals surface area contributed by atoms with Crippen LogP contribution in [0, 0.1) is 0 Å². The second-order valence-corrected chi connectivity index (χ2v) is 18.8. The van der Waals surface area contributed by atoms with E-state index in [0.29, 0.717) is 6.08 Å². The zero-order chi connectivity index (χ0) is 30.8. The first-order valence-corrected chi connectivity index (χ1v) is 17.7. The topological polar surface area (TPSA) is 27.7 Å². The van der Waals surface area contributed by atoms with Crippen LogP contribution >= 0.6 is 0 Å². The predicted octanol–water partition coefficient (Wildman–Crippen LogP) is 8.97. The molecule has 0 saturated heterocycles. The predicted molar refractivity (Wildman–Crippen MR) is 117 cm³/mol. The second kappa shape index (κ2) is 11.5. The third kappa shape index (κ3) is 8.45. The molecule has 0 aliphatic rings. The molecule has 0 aromatic heterocycles. The van der Waals surface area contributed by atoms with E-state index in [9.17, 15) is 57.1 Å². The minimum Gasteiger partial charge on any atom is -0.544 e.